The first kappa shape index (κ1) is 14.1. The molecule has 1 heterocycles. The van der Waals surface area contributed by atoms with Gasteiger partial charge in [0.05, 0.1) is 11.2 Å². The van der Waals surface area contributed by atoms with Crippen LogP contribution in [0.5, 0.6) is 0 Å². The Bertz CT molecular complexity index is 809. The number of aromatic nitrogens is 1. The minimum Gasteiger partial charge on any atom is -0.248 e. The molecule has 104 valence electrons. The van der Waals surface area contributed by atoms with Crippen molar-refractivity contribution in [2.75, 3.05) is 0 Å². The molecule has 0 radical (unpaired) electrons. The molecule has 0 bridgehead atoms. The summed E-state index contributed by atoms with van der Waals surface area (Å²) in [5.41, 5.74) is 4.03. The zero-order chi connectivity index (χ0) is 14.7. The SMILES string of the molecule is ClCc1cccc(/C=C/c2ccc3ccc(Cl)cc3n2)c1. The molecule has 21 heavy (non-hydrogen) atoms. The Hall–Kier alpha value is -1.83. The molecule has 0 aliphatic heterocycles. The molecule has 0 saturated heterocycles. The van der Waals surface area contributed by atoms with Crippen molar-refractivity contribution in [3.05, 3.63) is 76.4 Å². The fraction of sp³-hybridized carbons (Fsp3) is 0.0556. The molecule has 3 heteroatoms. The normalized spacial score (nSPS) is 11.3. The highest BCUT2D eigenvalue weighted by Gasteiger charge is 1.98. The summed E-state index contributed by atoms with van der Waals surface area (Å²) in [6, 6.07) is 17.9. The van der Waals surface area contributed by atoms with E-state index >= 15 is 0 Å². The average molecular weight is 314 g/mol. The lowest BCUT2D eigenvalue weighted by molar-refractivity contribution is 1.37. The van der Waals surface area contributed by atoms with Gasteiger partial charge in [0.1, 0.15) is 0 Å². The van der Waals surface area contributed by atoms with Crippen molar-refractivity contribution in [1.29, 1.82) is 0 Å². The Morgan fingerprint density at radius 2 is 1.81 bits per heavy atom. The van der Waals surface area contributed by atoms with E-state index in [9.17, 15) is 0 Å². The van der Waals surface area contributed by atoms with Gasteiger partial charge in [-0.2, -0.15) is 0 Å². The van der Waals surface area contributed by atoms with Crippen molar-refractivity contribution in [1.82, 2.24) is 4.98 Å². The zero-order valence-corrected chi connectivity index (χ0v) is 12.8. The number of pyridine rings is 1. The molecule has 3 rings (SSSR count). The summed E-state index contributed by atoms with van der Waals surface area (Å²) in [6.45, 7) is 0. The van der Waals surface area contributed by atoms with Crippen LogP contribution in [0.15, 0.2) is 54.6 Å². The van der Waals surface area contributed by atoms with Gasteiger partial charge >= 0.3 is 0 Å². The van der Waals surface area contributed by atoms with E-state index in [2.05, 4.69) is 11.1 Å². The summed E-state index contributed by atoms with van der Waals surface area (Å²) in [5.74, 6) is 0.522. The average Bonchev–Trinajstić information content (AvgIpc) is 2.52. The van der Waals surface area contributed by atoms with Crippen molar-refractivity contribution in [3.8, 4) is 0 Å². The van der Waals surface area contributed by atoms with Gasteiger partial charge in [-0.25, -0.2) is 4.98 Å². The Morgan fingerprint density at radius 3 is 2.67 bits per heavy atom. The maximum Gasteiger partial charge on any atom is 0.0724 e. The van der Waals surface area contributed by atoms with E-state index < -0.39 is 0 Å². The molecule has 0 spiro atoms. The third kappa shape index (κ3) is 3.44. The lowest BCUT2D eigenvalue weighted by Gasteiger charge is -2.00. The van der Waals surface area contributed by atoms with Crippen LogP contribution in [0.1, 0.15) is 16.8 Å². The van der Waals surface area contributed by atoms with Gasteiger partial charge in [-0.05, 0) is 35.4 Å². The minimum absolute atomic E-state index is 0.522. The summed E-state index contributed by atoms with van der Waals surface area (Å²) in [4.78, 5) is 4.60. The van der Waals surface area contributed by atoms with Crippen molar-refractivity contribution < 1.29 is 0 Å². The number of rotatable bonds is 3. The molecule has 0 saturated carbocycles. The molecule has 3 aromatic rings. The van der Waals surface area contributed by atoms with Gasteiger partial charge in [0, 0.05) is 16.3 Å². The van der Waals surface area contributed by atoms with E-state index in [0.29, 0.717) is 10.9 Å². The Labute approximate surface area is 133 Å². The number of hydrogen-bond acceptors (Lipinski definition) is 1. The van der Waals surface area contributed by atoms with E-state index in [1.54, 1.807) is 0 Å². The van der Waals surface area contributed by atoms with Gasteiger partial charge in [0.25, 0.3) is 0 Å². The van der Waals surface area contributed by atoms with Crippen LogP contribution in [-0.4, -0.2) is 4.98 Å². The predicted octanol–water partition coefficient (Wildman–Crippen LogP) is 5.80. The standard InChI is InChI=1S/C18H13Cl2N/c19-12-14-3-1-2-13(10-14)4-8-17-9-6-15-5-7-16(20)11-18(15)21-17/h1-11H,12H2/b8-4+. The second kappa shape index (κ2) is 6.30. The number of benzene rings is 2. The van der Waals surface area contributed by atoms with Gasteiger partial charge in [0.2, 0.25) is 0 Å². The van der Waals surface area contributed by atoms with Crippen molar-refractivity contribution in [3.63, 3.8) is 0 Å². The second-order valence-corrected chi connectivity index (χ2v) is 5.49. The lowest BCUT2D eigenvalue weighted by Crippen LogP contribution is -1.83. The van der Waals surface area contributed by atoms with Crippen LogP contribution >= 0.6 is 23.2 Å². The zero-order valence-electron chi connectivity index (χ0n) is 11.3. The Balaban J connectivity index is 1.91. The molecular weight excluding hydrogens is 301 g/mol. The van der Waals surface area contributed by atoms with Crippen LogP contribution in [0, 0.1) is 0 Å². The topological polar surface area (TPSA) is 12.9 Å². The van der Waals surface area contributed by atoms with Crippen LogP contribution in [0.2, 0.25) is 5.02 Å². The number of alkyl halides is 1. The third-order valence-electron chi connectivity index (χ3n) is 3.23. The van der Waals surface area contributed by atoms with Crippen molar-refractivity contribution >= 4 is 46.3 Å². The predicted molar refractivity (Wildman–Crippen MR) is 91.7 cm³/mol. The summed E-state index contributed by atoms with van der Waals surface area (Å²) in [7, 11) is 0. The fourth-order valence-electron chi connectivity index (χ4n) is 2.16. The minimum atomic E-state index is 0.522. The monoisotopic (exact) mass is 313 g/mol. The molecule has 0 aliphatic carbocycles. The first-order valence-electron chi connectivity index (χ1n) is 6.64. The highest BCUT2D eigenvalue weighted by molar-refractivity contribution is 6.31. The molecule has 0 atom stereocenters. The maximum absolute atomic E-state index is 6.01. The van der Waals surface area contributed by atoms with E-state index in [1.807, 2.05) is 60.7 Å². The Kier molecular flexibility index (Phi) is 4.23. The fourth-order valence-corrected chi connectivity index (χ4v) is 2.49. The van der Waals surface area contributed by atoms with Crippen LogP contribution in [0.25, 0.3) is 23.1 Å². The first-order chi connectivity index (χ1) is 10.2. The van der Waals surface area contributed by atoms with Gasteiger partial charge in [0.15, 0.2) is 0 Å². The highest BCUT2D eigenvalue weighted by Crippen LogP contribution is 2.19. The van der Waals surface area contributed by atoms with E-state index in [4.69, 9.17) is 23.2 Å². The van der Waals surface area contributed by atoms with Crippen LogP contribution in [-0.2, 0) is 5.88 Å². The van der Waals surface area contributed by atoms with Crippen molar-refractivity contribution in [2.24, 2.45) is 0 Å². The molecule has 1 nitrogen and oxygen atoms in total. The third-order valence-corrected chi connectivity index (χ3v) is 3.77. The largest absolute Gasteiger partial charge is 0.248 e. The molecule has 0 aliphatic rings. The summed E-state index contributed by atoms with van der Waals surface area (Å²) >= 11 is 11.9. The molecule has 0 fully saturated rings. The number of fused-ring (bicyclic) bond motifs is 1. The van der Waals surface area contributed by atoms with Crippen LogP contribution < -0.4 is 0 Å². The number of hydrogen-bond donors (Lipinski definition) is 0. The van der Waals surface area contributed by atoms with Crippen molar-refractivity contribution in [2.45, 2.75) is 5.88 Å². The van der Waals surface area contributed by atoms with E-state index in [0.717, 1.165) is 27.7 Å². The lowest BCUT2D eigenvalue weighted by atomic mass is 10.1. The first-order valence-corrected chi connectivity index (χ1v) is 7.55. The summed E-state index contributed by atoms with van der Waals surface area (Å²) in [6.07, 6.45) is 4.03. The van der Waals surface area contributed by atoms with Gasteiger partial charge in [-0.1, -0.05) is 54.1 Å². The van der Waals surface area contributed by atoms with E-state index in [-0.39, 0.29) is 0 Å². The molecule has 0 unspecified atom stereocenters. The second-order valence-electron chi connectivity index (χ2n) is 4.79. The van der Waals surface area contributed by atoms with Gasteiger partial charge < -0.3 is 0 Å². The Morgan fingerprint density at radius 1 is 0.952 bits per heavy atom. The van der Waals surface area contributed by atoms with Crippen LogP contribution in [0.3, 0.4) is 0 Å². The molecule has 1 aromatic heterocycles. The van der Waals surface area contributed by atoms with Crippen LogP contribution in [0.4, 0.5) is 0 Å². The number of halogens is 2. The number of nitrogens with zero attached hydrogens (tertiary/aromatic N) is 1. The molecule has 0 amide bonds. The van der Waals surface area contributed by atoms with E-state index in [1.165, 1.54) is 0 Å². The molecule has 0 N–H and O–H groups in total. The highest BCUT2D eigenvalue weighted by atomic mass is 35.5. The molecule has 2 aromatic carbocycles. The maximum atomic E-state index is 6.01. The molecular formula is C18H13Cl2N. The smallest absolute Gasteiger partial charge is 0.0724 e. The van der Waals surface area contributed by atoms with Gasteiger partial charge in [-0.15, -0.1) is 11.6 Å². The summed E-state index contributed by atoms with van der Waals surface area (Å²) < 4.78 is 0. The summed E-state index contributed by atoms with van der Waals surface area (Å²) in [5, 5.41) is 1.78. The van der Waals surface area contributed by atoms with Gasteiger partial charge in [-0.3, -0.25) is 0 Å². The quantitative estimate of drug-likeness (QED) is 0.557.